The summed E-state index contributed by atoms with van der Waals surface area (Å²) in [6.07, 6.45) is 2.61. The zero-order valence-corrected chi connectivity index (χ0v) is 15.0. The van der Waals surface area contributed by atoms with E-state index in [4.69, 9.17) is 9.84 Å². The molecular formula is C18H14N2O7S. The Bertz CT molecular complexity index is 950. The lowest BCUT2D eigenvalue weighted by Crippen LogP contribution is -2.30. The number of carboxylic acids is 2. The number of hydrogen-bond donors (Lipinski definition) is 4. The highest BCUT2D eigenvalue weighted by atomic mass is 32.2. The normalized spacial score (nSPS) is 17.6. The quantitative estimate of drug-likeness (QED) is 0.533. The van der Waals surface area contributed by atoms with Crippen molar-refractivity contribution in [3.63, 3.8) is 0 Å². The number of amides is 2. The second kappa shape index (κ2) is 8.01. The average Bonchev–Trinajstić information content (AvgIpc) is 3.04. The van der Waals surface area contributed by atoms with Crippen LogP contribution in [0, 0.1) is 5.92 Å². The van der Waals surface area contributed by atoms with Gasteiger partial charge in [-0.3, -0.25) is 9.59 Å². The zero-order chi connectivity index (χ0) is 20.3. The van der Waals surface area contributed by atoms with Crippen molar-refractivity contribution in [2.24, 2.45) is 5.92 Å². The van der Waals surface area contributed by atoms with Crippen molar-refractivity contribution in [3.05, 3.63) is 69.5 Å². The molecular weight excluding hydrogens is 388 g/mol. The molecule has 1 aromatic rings. The van der Waals surface area contributed by atoms with Gasteiger partial charge in [0.25, 0.3) is 5.91 Å². The van der Waals surface area contributed by atoms with Gasteiger partial charge in [-0.15, -0.1) is 0 Å². The number of fused-ring (bicyclic) bond motifs is 1. The maximum atomic E-state index is 12.5. The molecule has 0 aromatic heterocycles. The van der Waals surface area contributed by atoms with E-state index in [1.165, 1.54) is 12.3 Å². The minimum absolute atomic E-state index is 0.105. The largest absolute Gasteiger partial charge is 0.478 e. The second-order valence-electron chi connectivity index (χ2n) is 5.69. The summed E-state index contributed by atoms with van der Waals surface area (Å²) in [6.45, 7) is 0.237. The Labute approximate surface area is 162 Å². The first-order valence-electron chi connectivity index (χ1n) is 7.97. The molecule has 0 aliphatic carbocycles. The van der Waals surface area contributed by atoms with Gasteiger partial charge in [-0.1, -0.05) is 42.1 Å². The number of aliphatic carboxylic acids is 2. The fraction of sp³-hybridized carbons (Fsp3) is 0.111. The molecule has 1 unspecified atom stereocenters. The number of allylic oxidation sites excluding steroid dienone is 2. The molecule has 2 aliphatic rings. The van der Waals surface area contributed by atoms with Crippen molar-refractivity contribution < 1.29 is 34.1 Å². The highest BCUT2D eigenvalue weighted by Gasteiger charge is 2.40. The third-order valence-electron chi connectivity index (χ3n) is 3.88. The lowest BCUT2D eigenvalue weighted by molar-refractivity contribution is -0.149. The fourth-order valence-electron chi connectivity index (χ4n) is 2.62. The lowest BCUT2D eigenvalue weighted by Gasteiger charge is -2.18. The molecule has 0 saturated carbocycles. The van der Waals surface area contributed by atoms with Crippen LogP contribution in [-0.4, -0.2) is 34.0 Å². The molecule has 2 amide bonds. The Morgan fingerprint density at radius 3 is 2.46 bits per heavy atom. The van der Waals surface area contributed by atoms with Gasteiger partial charge in [0.2, 0.25) is 5.76 Å². The van der Waals surface area contributed by atoms with E-state index in [0.717, 1.165) is 17.3 Å². The van der Waals surface area contributed by atoms with Crippen LogP contribution in [-0.2, 0) is 30.5 Å². The number of ether oxygens (including phenoxy) is 1. The van der Waals surface area contributed by atoms with E-state index in [1.54, 1.807) is 0 Å². The topological polar surface area (TPSA) is 142 Å². The standard InChI is InChI=1S/C18H14N2O7S/c21-14(19-8-9-4-2-1-3-5-9)12-13-10(6-7-27-12)11(17(23)24)16(28-13)20-15(22)18(25)26/h1-7,10H,8H2,(H,19,21)(H,20,22)(H,23,24)(H,25,26). The Hall–Kier alpha value is -3.53. The van der Waals surface area contributed by atoms with Crippen LogP contribution in [0.25, 0.3) is 0 Å². The summed E-state index contributed by atoms with van der Waals surface area (Å²) in [6, 6.07) is 9.16. The Morgan fingerprint density at radius 2 is 1.82 bits per heavy atom. The number of thioether (sulfide) groups is 1. The molecule has 0 spiro atoms. The molecule has 144 valence electrons. The Balaban J connectivity index is 1.83. The summed E-state index contributed by atoms with van der Waals surface area (Å²) in [5, 5.41) is 22.8. The van der Waals surface area contributed by atoms with E-state index in [1.807, 2.05) is 30.3 Å². The molecule has 0 bridgehead atoms. The van der Waals surface area contributed by atoms with Crippen LogP contribution >= 0.6 is 11.8 Å². The number of benzene rings is 1. The third kappa shape index (κ3) is 3.91. The summed E-state index contributed by atoms with van der Waals surface area (Å²) in [5.74, 6) is -5.97. The highest BCUT2D eigenvalue weighted by Crippen LogP contribution is 2.48. The molecule has 9 nitrogen and oxygen atoms in total. The van der Waals surface area contributed by atoms with Crippen molar-refractivity contribution in [3.8, 4) is 0 Å². The number of carboxylic acid groups (broad SMARTS) is 2. The molecule has 3 rings (SSSR count). The van der Waals surface area contributed by atoms with Crippen molar-refractivity contribution in [1.29, 1.82) is 0 Å². The third-order valence-corrected chi connectivity index (χ3v) is 5.07. The smallest absolute Gasteiger partial charge is 0.394 e. The van der Waals surface area contributed by atoms with Crippen LogP contribution in [0.2, 0.25) is 0 Å². The SMILES string of the molecule is O=C(O)C(=O)NC1=C(C(=O)O)C2C=COC(C(=O)NCc3ccccc3)=C2S1. The van der Waals surface area contributed by atoms with Crippen molar-refractivity contribution in [1.82, 2.24) is 10.6 Å². The van der Waals surface area contributed by atoms with Gasteiger partial charge in [0.1, 0.15) is 0 Å². The Kier molecular flexibility index (Phi) is 5.50. The van der Waals surface area contributed by atoms with Crippen LogP contribution in [0.3, 0.4) is 0 Å². The van der Waals surface area contributed by atoms with E-state index in [0.29, 0.717) is 0 Å². The van der Waals surface area contributed by atoms with Crippen molar-refractivity contribution >= 4 is 35.5 Å². The van der Waals surface area contributed by atoms with Crippen molar-refractivity contribution in [2.75, 3.05) is 0 Å². The molecule has 1 aromatic carbocycles. The summed E-state index contributed by atoms with van der Waals surface area (Å²) < 4.78 is 5.29. The van der Waals surface area contributed by atoms with E-state index < -0.39 is 29.7 Å². The number of nitrogens with one attached hydrogen (secondary N) is 2. The van der Waals surface area contributed by atoms with Crippen LogP contribution in [0.15, 0.2) is 63.9 Å². The molecule has 1 atom stereocenters. The predicted octanol–water partition coefficient (Wildman–Crippen LogP) is 0.918. The summed E-state index contributed by atoms with van der Waals surface area (Å²) >= 11 is 0.781. The summed E-state index contributed by atoms with van der Waals surface area (Å²) in [7, 11) is 0. The fourth-order valence-corrected chi connectivity index (χ4v) is 3.86. The van der Waals surface area contributed by atoms with Gasteiger partial charge in [-0.2, -0.15) is 0 Å². The van der Waals surface area contributed by atoms with Gasteiger partial charge in [-0.25, -0.2) is 9.59 Å². The van der Waals surface area contributed by atoms with E-state index in [-0.39, 0.29) is 27.8 Å². The summed E-state index contributed by atoms with van der Waals surface area (Å²) in [4.78, 5) is 46.6. The van der Waals surface area contributed by atoms with Crippen LogP contribution in [0.1, 0.15) is 5.56 Å². The molecule has 0 fully saturated rings. The molecule has 2 heterocycles. The van der Waals surface area contributed by atoms with Crippen LogP contribution in [0.5, 0.6) is 0 Å². The van der Waals surface area contributed by atoms with Crippen LogP contribution < -0.4 is 10.6 Å². The predicted molar refractivity (Wildman–Crippen MR) is 97.1 cm³/mol. The first kappa shape index (κ1) is 19.2. The van der Waals surface area contributed by atoms with E-state index in [9.17, 15) is 24.3 Å². The average molecular weight is 402 g/mol. The number of rotatable bonds is 5. The molecule has 2 aliphatic heterocycles. The number of hydrogen-bond acceptors (Lipinski definition) is 6. The molecule has 0 radical (unpaired) electrons. The maximum Gasteiger partial charge on any atom is 0.394 e. The summed E-state index contributed by atoms with van der Waals surface area (Å²) in [5.41, 5.74) is 0.629. The maximum absolute atomic E-state index is 12.5. The minimum Gasteiger partial charge on any atom is -0.478 e. The zero-order valence-electron chi connectivity index (χ0n) is 14.2. The van der Waals surface area contributed by atoms with Gasteiger partial charge in [0.15, 0.2) is 0 Å². The van der Waals surface area contributed by atoms with E-state index in [2.05, 4.69) is 10.6 Å². The van der Waals surface area contributed by atoms with Gasteiger partial charge >= 0.3 is 17.8 Å². The molecule has 28 heavy (non-hydrogen) atoms. The number of carbonyl (C=O) groups excluding carboxylic acids is 2. The molecule has 4 N–H and O–H groups in total. The lowest BCUT2D eigenvalue weighted by atomic mass is 9.97. The van der Waals surface area contributed by atoms with E-state index >= 15 is 0 Å². The molecule has 10 heteroatoms. The second-order valence-corrected chi connectivity index (χ2v) is 6.75. The van der Waals surface area contributed by atoms with Gasteiger partial charge in [-0.05, 0) is 11.6 Å². The Morgan fingerprint density at radius 1 is 1.11 bits per heavy atom. The van der Waals surface area contributed by atoms with Crippen LogP contribution in [0.4, 0.5) is 0 Å². The van der Waals surface area contributed by atoms with Gasteiger partial charge in [0.05, 0.1) is 27.7 Å². The monoisotopic (exact) mass is 402 g/mol. The first-order valence-corrected chi connectivity index (χ1v) is 8.79. The highest BCUT2D eigenvalue weighted by molar-refractivity contribution is 8.07. The minimum atomic E-state index is -1.76. The molecule has 0 saturated heterocycles. The van der Waals surface area contributed by atoms with Gasteiger partial charge < -0.3 is 25.6 Å². The first-order chi connectivity index (χ1) is 13.4. The van der Waals surface area contributed by atoms with Gasteiger partial charge in [0, 0.05) is 6.54 Å². The van der Waals surface area contributed by atoms with Crippen molar-refractivity contribution in [2.45, 2.75) is 6.54 Å². The number of carbonyl (C=O) groups is 4.